The first kappa shape index (κ1) is 19.3. The van der Waals surface area contributed by atoms with Gasteiger partial charge in [0.2, 0.25) is 4.77 Å². The first-order valence-corrected chi connectivity index (χ1v) is 10.1. The van der Waals surface area contributed by atoms with E-state index in [1.165, 1.54) is 5.56 Å². The van der Waals surface area contributed by atoms with Gasteiger partial charge in [-0.2, -0.15) is 0 Å². The molecule has 28 heavy (non-hydrogen) atoms. The lowest BCUT2D eigenvalue weighted by Crippen LogP contribution is -2.37. The summed E-state index contributed by atoms with van der Waals surface area (Å²) < 4.78 is 10.1. The zero-order valence-corrected chi connectivity index (χ0v) is 17.6. The number of aromatic nitrogens is 3. The SMILES string of the molecule is Cc1ccc(C)c(-n2c(-c3cccc(Cl)c3)nn(CN3CCOCC3)c2=S)c1. The van der Waals surface area contributed by atoms with Gasteiger partial charge in [0.1, 0.15) is 0 Å². The molecule has 0 radical (unpaired) electrons. The molecule has 0 unspecified atom stereocenters. The summed E-state index contributed by atoms with van der Waals surface area (Å²) in [5.41, 5.74) is 4.32. The maximum absolute atomic E-state index is 6.26. The van der Waals surface area contributed by atoms with Crippen molar-refractivity contribution in [2.45, 2.75) is 20.5 Å². The fourth-order valence-corrected chi connectivity index (χ4v) is 3.90. The molecule has 0 saturated carbocycles. The number of morpholine rings is 1. The molecule has 0 amide bonds. The number of rotatable bonds is 4. The van der Waals surface area contributed by atoms with E-state index in [9.17, 15) is 0 Å². The fourth-order valence-electron chi connectivity index (χ4n) is 3.42. The minimum atomic E-state index is 0.646. The van der Waals surface area contributed by atoms with Gasteiger partial charge in [-0.3, -0.25) is 9.47 Å². The van der Waals surface area contributed by atoms with E-state index in [0.717, 1.165) is 48.9 Å². The van der Waals surface area contributed by atoms with Gasteiger partial charge in [-0.1, -0.05) is 35.9 Å². The Morgan fingerprint density at radius 3 is 2.64 bits per heavy atom. The van der Waals surface area contributed by atoms with Gasteiger partial charge in [-0.05, 0) is 55.4 Å². The van der Waals surface area contributed by atoms with Crippen molar-refractivity contribution in [2.75, 3.05) is 26.3 Å². The zero-order chi connectivity index (χ0) is 19.7. The number of hydrogen-bond acceptors (Lipinski definition) is 4. The molecule has 0 N–H and O–H groups in total. The maximum Gasteiger partial charge on any atom is 0.204 e. The Labute approximate surface area is 175 Å². The Balaban J connectivity index is 1.86. The number of benzene rings is 2. The summed E-state index contributed by atoms with van der Waals surface area (Å²) in [5, 5.41) is 5.58. The van der Waals surface area contributed by atoms with Crippen LogP contribution in [0.2, 0.25) is 5.02 Å². The third kappa shape index (κ3) is 3.91. The first-order valence-electron chi connectivity index (χ1n) is 9.36. The third-order valence-electron chi connectivity index (χ3n) is 4.97. The van der Waals surface area contributed by atoms with Crippen molar-refractivity contribution in [3.8, 4) is 17.1 Å². The van der Waals surface area contributed by atoms with E-state index in [1.807, 2.05) is 28.9 Å². The lowest BCUT2D eigenvalue weighted by molar-refractivity contribution is 0.0210. The predicted molar refractivity (Wildman–Crippen MR) is 115 cm³/mol. The Kier molecular flexibility index (Phi) is 5.64. The van der Waals surface area contributed by atoms with Crippen molar-refractivity contribution >= 4 is 23.8 Å². The molecule has 1 fully saturated rings. The molecule has 7 heteroatoms. The molecule has 0 bridgehead atoms. The van der Waals surface area contributed by atoms with Gasteiger partial charge in [0.05, 0.1) is 25.6 Å². The van der Waals surface area contributed by atoms with E-state index in [1.54, 1.807) is 0 Å². The number of aryl methyl sites for hydroxylation is 2. The highest BCUT2D eigenvalue weighted by Crippen LogP contribution is 2.27. The van der Waals surface area contributed by atoms with Crippen molar-refractivity contribution in [1.29, 1.82) is 0 Å². The summed E-state index contributed by atoms with van der Waals surface area (Å²) in [6, 6.07) is 14.1. The molecule has 3 aromatic rings. The van der Waals surface area contributed by atoms with E-state index in [2.05, 4.69) is 41.5 Å². The average molecular weight is 415 g/mol. The third-order valence-corrected chi connectivity index (χ3v) is 5.59. The molecule has 146 valence electrons. The van der Waals surface area contributed by atoms with Gasteiger partial charge in [-0.25, -0.2) is 4.68 Å². The van der Waals surface area contributed by atoms with Crippen LogP contribution < -0.4 is 0 Å². The second kappa shape index (κ2) is 8.17. The molecule has 4 rings (SSSR count). The van der Waals surface area contributed by atoms with Gasteiger partial charge < -0.3 is 4.74 Å². The average Bonchev–Trinajstić information content (AvgIpc) is 3.01. The minimum absolute atomic E-state index is 0.646. The second-order valence-corrected chi connectivity index (χ2v) is 7.91. The number of hydrogen-bond donors (Lipinski definition) is 0. The monoisotopic (exact) mass is 414 g/mol. The van der Waals surface area contributed by atoms with Gasteiger partial charge in [0.25, 0.3) is 0 Å². The molecule has 0 aliphatic carbocycles. The summed E-state index contributed by atoms with van der Waals surface area (Å²) in [5.74, 6) is 0.800. The van der Waals surface area contributed by atoms with Crippen LogP contribution in [0.4, 0.5) is 0 Å². The summed E-state index contributed by atoms with van der Waals surface area (Å²) in [7, 11) is 0. The van der Waals surface area contributed by atoms with E-state index in [-0.39, 0.29) is 0 Å². The molecule has 2 heterocycles. The van der Waals surface area contributed by atoms with Crippen LogP contribution in [0.3, 0.4) is 0 Å². The first-order chi connectivity index (χ1) is 13.5. The number of halogens is 1. The van der Waals surface area contributed by atoms with E-state index >= 15 is 0 Å². The summed E-state index contributed by atoms with van der Waals surface area (Å²) >= 11 is 12.1. The highest BCUT2D eigenvalue weighted by atomic mass is 35.5. The van der Waals surface area contributed by atoms with E-state index in [4.69, 9.17) is 33.7 Å². The quantitative estimate of drug-likeness (QED) is 0.583. The summed E-state index contributed by atoms with van der Waals surface area (Å²) in [6.45, 7) is 8.07. The number of nitrogens with zero attached hydrogens (tertiary/aromatic N) is 4. The molecule has 0 atom stereocenters. The predicted octanol–water partition coefficient (Wildman–Crippen LogP) is 4.63. The molecule has 5 nitrogen and oxygen atoms in total. The topological polar surface area (TPSA) is 35.2 Å². The van der Waals surface area contributed by atoms with Crippen molar-refractivity contribution in [3.05, 3.63) is 63.4 Å². The van der Waals surface area contributed by atoms with Crippen molar-refractivity contribution in [2.24, 2.45) is 0 Å². The second-order valence-electron chi connectivity index (χ2n) is 7.11. The Hall–Kier alpha value is -1.99. The van der Waals surface area contributed by atoms with Crippen LogP contribution in [-0.2, 0) is 11.4 Å². The van der Waals surface area contributed by atoms with Crippen LogP contribution in [0.15, 0.2) is 42.5 Å². The summed E-state index contributed by atoms with van der Waals surface area (Å²) in [4.78, 5) is 2.31. The largest absolute Gasteiger partial charge is 0.379 e. The molecule has 0 spiro atoms. The van der Waals surface area contributed by atoms with Gasteiger partial charge in [0.15, 0.2) is 5.82 Å². The van der Waals surface area contributed by atoms with Crippen molar-refractivity contribution in [1.82, 2.24) is 19.2 Å². The Bertz CT molecular complexity index is 1050. The highest BCUT2D eigenvalue weighted by Gasteiger charge is 2.19. The van der Waals surface area contributed by atoms with Gasteiger partial charge in [0, 0.05) is 23.7 Å². The molecular formula is C21H23ClN4OS. The smallest absolute Gasteiger partial charge is 0.204 e. The Morgan fingerprint density at radius 1 is 1.11 bits per heavy atom. The molecule has 2 aromatic carbocycles. The maximum atomic E-state index is 6.26. The highest BCUT2D eigenvalue weighted by molar-refractivity contribution is 7.71. The van der Waals surface area contributed by atoms with Crippen LogP contribution in [-0.4, -0.2) is 45.6 Å². The van der Waals surface area contributed by atoms with Gasteiger partial charge in [-0.15, -0.1) is 5.10 Å². The van der Waals surface area contributed by atoms with E-state index < -0.39 is 0 Å². The van der Waals surface area contributed by atoms with Crippen molar-refractivity contribution in [3.63, 3.8) is 0 Å². The molecule has 1 aliphatic heterocycles. The van der Waals surface area contributed by atoms with Crippen LogP contribution in [0, 0.1) is 18.6 Å². The van der Waals surface area contributed by atoms with Crippen LogP contribution in [0.25, 0.3) is 17.1 Å². The standard InChI is InChI=1S/C21H23ClN4OS/c1-15-6-7-16(2)19(12-15)26-20(17-4-3-5-18(22)13-17)23-25(21(26)28)14-24-8-10-27-11-9-24/h3-7,12-13H,8-11,14H2,1-2H3. The van der Waals surface area contributed by atoms with Crippen LogP contribution in [0.5, 0.6) is 0 Å². The van der Waals surface area contributed by atoms with Crippen LogP contribution in [0.1, 0.15) is 11.1 Å². The zero-order valence-electron chi connectivity index (χ0n) is 16.1. The van der Waals surface area contributed by atoms with Gasteiger partial charge >= 0.3 is 0 Å². The normalized spacial score (nSPS) is 15.1. The molecule has 1 aromatic heterocycles. The summed E-state index contributed by atoms with van der Waals surface area (Å²) in [6.07, 6.45) is 0. The lowest BCUT2D eigenvalue weighted by Gasteiger charge is -2.26. The number of ether oxygens (including phenoxy) is 1. The van der Waals surface area contributed by atoms with Crippen LogP contribution >= 0.6 is 23.8 Å². The fraction of sp³-hybridized carbons (Fsp3) is 0.333. The minimum Gasteiger partial charge on any atom is -0.379 e. The van der Waals surface area contributed by atoms with Crippen molar-refractivity contribution < 1.29 is 4.74 Å². The lowest BCUT2D eigenvalue weighted by atomic mass is 10.1. The molecule has 1 aliphatic rings. The van der Waals surface area contributed by atoms with E-state index in [0.29, 0.717) is 16.5 Å². The molecule has 1 saturated heterocycles. The molecular weight excluding hydrogens is 392 g/mol. The Morgan fingerprint density at radius 2 is 1.89 bits per heavy atom.